The zero-order valence-electron chi connectivity index (χ0n) is 17.3. The van der Waals surface area contributed by atoms with Gasteiger partial charge in [-0.15, -0.1) is 0 Å². The van der Waals surface area contributed by atoms with Gasteiger partial charge in [0, 0.05) is 32.1 Å². The highest BCUT2D eigenvalue weighted by Gasteiger charge is 2.53. The monoisotopic (exact) mass is 402 g/mol. The Hall–Kier alpha value is -3.15. The van der Waals surface area contributed by atoms with Crippen molar-refractivity contribution >= 4 is 22.7 Å². The Labute approximate surface area is 176 Å². The lowest BCUT2D eigenvalue weighted by Gasteiger charge is -2.44. The number of nitrogens with zero attached hydrogens (tertiary/aromatic N) is 4. The molecule has 1 atom stereocenters. The van der Waals surface area contributed by atoms with E-state index in [-0.39, 0.29) is 11.8 Å². The number of aromatic nitrogens is 2. The molecule has 2 aliphatic rings. The number of fused-ring (bicyclic) bond motifs is 1. The molecule has 0 aliphatic carbocycles. The lowest BCUT2D eigenvalue weighted by molar-refractivity contribution is -0.146. The minimum atomic E-state index is -0.733. The smallest absolute Gasteiger partial charge is 0.275 e. The largest absolute Gasteiger partial charge is 0.336 e. The molecule has 154 valence electrons. The molecule has 3 aromatic rings. The first-order valence-electron chi connectivity index (χ1n) is 10.7. The molecule has 0 saturated carbocycles. The topological polar surface area (TPSA) is 58.4 Å². The standard InChI is InChI=1S/C24H26N4O2/c1-26-20-12-6-5-11-19(20)21(25-26)22(29)28-16-8-14-24(28)13-7-15-27(23(24)30)17-18-9-3-2-4-10-18/h2-6,9-12H,7-8,13-17H2,1H3. The van der Waals surface area contributed by atoms with Crippen molar-refractivity contribution in [1.82, 2.24) is 19.6 Å². The Morgan fingerprint density at radius 3 is 2.50 bits per heavy atom. The number of likely N-dealkylation sites (tertiary alicyclic amines) is 2. The molecule has 6 nitrogen and oxygen atoms in total. The number of piperidine rings is 1. The summed E-state index contributed by atoms with van der Waals surface area (Å²) in [5, 5.41) is 5.37. The Bertz CT molecular complexity index is 1110. The minimum absolute atomic E-state index is 0.0867. The lowest BCUT2D eigenvalue weighted by atomic mass is 9.85. The van der Waals surface area contributed by atoms with Crippen LogP contribution in [0.1, 0.15) is 41.7 Å². The lowest BCUT2D eigenvalue weighted by Crippen LogP contribution is -2.61. The quantitative estimate of drug-likeness (QED) is 0.675. The molecule has 5 rings (SSSR count). The molecule has 1 spiro atoms. The van der Waals surface area contributed by atoms with Gasteiger partial charge >= 0.3 is 0 Å². The highest BCUT2D eigenvalue weighted by Crippen LogP contribution is 2.40. The van der Waals surface area contributed by atoms with Gasteiger partial charge in [0.2, 0.25) is 5.91 Å². The first-order chi connectivity index (χ1) is 14.6. The van der Waals surface area contributed by atoms with E-state index in [2.05, 4.69) is 5.10 Å². The fraction of sp³-hybridized carbons (Fsp3) is 0.375. The molecule has 1 aromatic heterocycles. The maximum atomic E-state index is 13.7. The van der Waals surface area contributed by atoms with Crippen LogP contribution in [-0.4, -0.2) is 50.0 Å². The first-order valence-corrected chi connectivity index (χ1v) is 10.7. The number of hydrogen-bond donors (Lipinski definition) is 0. The van der Waals surface area contributed by atoms with E-state index in [9.17, 15) is 9.59 Å². The van der Waals surface area contributed by atoms with Gasteiger partial charge in [-0.2, -0.15) is 5.10 Å². The van der Waals surface area contributed by atoms with Crippen LogP contribution in [0.15, 0.2) is 54.6 Å². The van der Waals surface area contributed by atoms with E-state index in [1.54, 1.807) is 4.68 Å². The zero-order valence-corrected chi connectivity index (χ0v) is 17.3. The van der Waals surface area contributed by atoms with Crippen LogP contribution in [0.2, 0.25) is 0 Å². The van der Waals surface area contributed by atoms with Gasteiger partial charge in [-0.05, 0) is 37.3 Å². The highest BCUT2D eigenvalue weighted by molar-refractivity contribution is 6.07. The summed E-state index contributed by atoms with van der Waals surface area (Å²) in [6, 6.07) is 17.8. The molecule has 0 radical (unpaired) electrons. The fourth-order valence-corrected chi connectivity index (χ4v) is 5.18. The third-order valence-corrected chi connectivity index (χ3v) is 6.61. The van der Waals surface area contributed by atoms with E-state index in [1.165, 1.54) is 0 Å². The number of hydrogen-bond acceptors (Lipinski definition) is 3. The Morgan fingerprint density at radius 1 is 1.00 bits per heavy atom. The molecule has 2 aliphatic heterocycles. The van der Waals surface area contributed by atoms with Gasteiger partial charge in [-0.25, -0.2) is 0 Å². The molecule has 0 bridgehead atoms. The number of rotatable bonds is 3. The van der Waals surface area contributed by atoms with Crippen LogP contribution in [0.4, 0.5) is 0 Å². The van der Waals surface area contributed by atoms with Crippen LogP contribution in [0.5, 0.6) is 0 Å². The van der Waals surface area contributed by atoms with Gasteiger partial charge in [0.25, 0.3) is 5.91 Å². The number of aryl methyl sites for hydroxylation is 1. The van der Waals surface area contributed by atoms with Crippen LogP contribution >= 0.6 is 0 Å². The molecule has 2 saturated heterocycles. The molecule has 30 heavy (non-hydrogen) atoms. The van der Waals surface area contributed by atoms with Crippen LogP contribution in [0.3, 0.4) is 0 Å². The van der Waals surface area contributed by atoms with E-state index in [1.807, 2.05) is 71.4 Å². The van der Waals surface area contributed by atoms with E-state index in [0.717, 1.165) is 48.7 Å². The molecule has 2 amide bonds. The predicted octanol–water partition coefficient (Wildman–Crippen LogP) is 3.37. The van der Waals surface area contributed by atoms with Crippen molar-refractivity contribution in [2.75, 3.05) is 13.1 Å². The molecule has 1 unspecified atom stereocenters. The second-order valence-corrected chi connectivity index (χ2v) is 8.40. The van der Waals surface area contributed by atoms with Crippen molar-refractivity contribution < 1.29 is 9.59 Å². The molecule has 2 fully saturated rings. The van der Waals surface area contributed by atoms with E-state index >= 15 is 0 Å². The molecule has 2 aromatic carbocycles. The van der Waals surface area contributed by atoms with Gasteiger partial charge in [0.05, 0.1) is 5.52 Å². The van der Waals surface area contributed by atoms with Crippen LogP contribution in [-0.2, 0) is 18.4 Å². The van der Waals surface area contributed by atoms with Gasteiger partial charge in [0.1, 0.15) is 5.54 Å². The number of carbonyl (C=O) groups excluding carboxylic acids is 2. The summed E-state index contributed by atoms with van der Waals surface area (Å²) >= 11 is 0. The summed E-state index contributed by atoms with van der Waals surface area (Å²) in [5.74, 6) is -0.0390. The van der Waals surface area contributed by atoms with E-state index < -0.39 is 5.54 Å². The van der Waals surface area contributed by atoms with Gasteiger partial charge < -0.3 is 9.80 Å². The van der Waals surface area contributed by atoms with Crippen molar-refractivity contribution in [2.24, 2.45) is 7.05 Å². The van der Waals surface area contributed by atoms with Crippen LogP contribution in [0.25, 0.3) is 10.9 Å². The summed E-state index contributed by atoms with van der Waals surface area (Å²) < 4.78 is 1.75. The minimum Gasteiger partial charge on any atom is -0.336 e. The third-order valence-electron chi connectivity index (χ3n) is 6.61. The van der Waals surface area contributed by atoms with Crippen molar-refractivity contribution in [3.8, 4) is 0 Å². The molecule has 0 N–H and O–H groups in total. The number of amides is 2. The second kappa shape index (κ2) is 7.27. The third kappa shape index (κ3) is 2.90. The SMILES string of the molecule is Cn1nc(C(=O)N2CCCC23CCCN(Cc2ccccc2)C3=O)c2ccccc21. The van der Waals surface area contributed by atoms with Gasteiger partial charge in [-0.1, -0.05) is 48.5 Å². The summed E-state index contributed by atoms with van der Waals surface area (Å²) in [5.41, 5.74) is 1.76. The second-order valence-electron chi connectivity index (χ2n) is 8.40. The highest BCUT2D eigenvalue weighted by atomic mass is 16.2. The first kappa shape index (κ1) is 18.9. The predicted molar refractivity (Wildman–Crippen MR) is 115 cm³/mol. The normalized spacial score (nSPS) is 21.7. The number of carbonyl (C=O) groups is 2. The number of para-hydroxylation sites is 1. The Balaban J connectivity index is 1.47. The Morgan fingerprint density at radius 2 is 1.70 bits per heavy atom. The summed E-state index contributed by atoms with van der Waals surface area (Å²) in [6.07, 6.45) is 3.22. The molecule has 3 heterocycles. The molecule has 6 heteroatoms. The zero-order chi connectivity index (χ0) is 20.7. The van der Waals surface area contributed by atoms with Gasteiger partial charge in [0.15, 0.2) is 5.69 Å². The van der Waals surface area contributed by atoms with Crippen molar-refractivity contribution in [3.05, 3.63) is 65.9 Å². The summed E-state index contributed by atoms with van der Waals surface area (Å²) in [4.78, 5) is 31.1. The number of benzene rings is 2. The average molecular weight is 402 g/mol. The average Bonchev–Trinajstić information content (AvgIpc) is 3.34. The maximum absolute atomic E-state index is 13.7. The van der Waals surface area contributed by atoms with Crippen LogP contribution < -0.4 is 0 Å². The van der Waals surface area contributed by atoms with Crippen molar-refractivity contribution in [2.45, 2.75) is 37.8 Å². The summed E-state index contributed by atoms with van der Waals surface area (Å²) in [6.45, 7) is 1.94. The summed E-state index contributed by atoms with van der Waals surface area (Å²) in [7, 11) is 1.85. The van der Waals surface area contributed by atoms with Gasteiger partial charge in [-0.3, -0.25) is 14.3 Å². The van der Waals surface area contributed by atoms with E-state index in [0.29, 0.717) is 18.8 Å². The van der Waals surface area contributed by atoms with Crippen molar-refractivity contribution in [1.29, 1.82) is 0 Å². The Kier molecular flexibility index (Phi) is 4.57. The van der Waals surface area contributed by atoms with Crippen molar-refractivity contribution in [3.63, 3.8) is 0 Å². The fourth-order valence-electron chi connectivity index (χ4n) is 5.18. The maximum Gasteiger partial charge on any atom is 0.275 e. The van der Waals surface area contributed by atoms with E-state index in [4.69, 9.17) is 0 Å². The molecular weight excluding hydrogens is 376 g/mol. The van der Waals surface area contributed by atoms with Crippen LogP contribution in [0, 0.1) is 0 Å². The molecular formula is C24H26N4O2.